The summed E-state index contributed by atoms with van der Waals surface area (Å²) in [6.07, 6.45) is 2.69. The van der Waals surface area contributed by atoms with Crippen molar-refractivity contribution in [3.05, 3.63) is 29.8 Å². The maximum Gasteiger partial charge on any atom is 0.410 e. The van der Waals surface area contributed by atoms with Crippen molar-refractivity contribution in [2.75, 3.05) is 7.11 Å². The first-order valence-electron chi connectivity index (χ1n) is 8.90. The minimum Gasteiger partial charge on any atom is -0.496 e. The molecule has 0 aliphatic carbocycles. The highest BCUT2D eigenvalue weighted by atomic mass is 16.6. The third kappa shape index (κ3) is 4.97. The molecule has 1 aliphatic heterocycles. The summed E-state index contributed by atoms with van der Waals surface area (Å²) in [5.41, 5.74) is 0.0122. The Kier molecular flexibility index (Phi) is 6.09. The van der Waals surface area contributed by atoms with Crippen LogP contribution < -0.4 is 4.74 Å². The summed E-state index contributed by atoms with van der Waals surface area (Å²) >= 11 is 0. The van der Waals surface area contributed by atoms with Crippen molar-refractivity contribution in [2.24, 2.45) is 0 Å². The van der Waals surface area contributed by atoms with Gasteiger partial charge in [-0.05, 0) is 59.1 Å². The number of amides is 1. The summed E-state index contributed by atoms with van der Waals surface area (Å²) < 4.78 is 10.9. The summed E-state index contributed by atoms with van der Waals surface area (Å²) in [7, 11) is 1.56. The number of ketones is 1. The molecule has 2 rings (SSSR count). The number of rotatable bonds is 4. The zero-order valence-corrected chi connectivity index (χ0v) is 15.9. The maximum absolute atomic E-state index is 12.8. The van der Waals surface area contributed by atoms with Crippen molar-refractivity contribution in [3.8, 4) is 5.75 Å². The lowest BCUT2D eigenvalue weighted by Crippen LogP contribution is -2.51. The van der Waals surface area contributed by atoms with Crippen molar-refractivity contribution >= 4 is 11.9 Å². The van der Waals surface area contributed by atoms with Gasteiger partial charge in [0.25, 0.3) is 0 Å². The highest BCUT2D eigenvalue weighted by Gasteiger charge is 2.36. The molecular weight excluding hydrogens is 318 g/mol. The average Bonchev–Trinajstić information content (AvgIpc) is 2.53. The van der Waals surface area contributed by atoms with E-state index in [1.54, 1.807) is 24.1 Å². The Hall–Kier alpha value is -2.04. The van der Waals surface area contributed by atoms with Gasteiger partial charge >= 0.3 is 6.09 Å². The largest absolute Gasteiger partial charge is 0.496 e. The van der Waals surface area contributed by atoms with Crippen LogP contribution in [0, 0.1) is 0 Å². The topological polar surface area (TPSA) is 55.8 Å². The van der Waals surface area contributed by atoms with E-state index in [1.807, 2.05) is 39.8 Å². The Morgan fingerprint density at radius 2 is 1.88 bits per heavy atom. The normalized spacial score (nSPS) is 20.9. The second kappa shape index (κ2) is 7.89. The fraction of sp³-hybridized carbons (Fsp3) is 0.600. The third-order valence-corrected chi connectivity index (χ3v) is 4.46. The van der Waals surface area contributed by atoms with Gasteiger partial charge in [0, 0.05) is 18.5 Å². The van der Waals surface area contributed by atoms with Gasteiger partial charge in [-0.15, -0.1) is 0 Å². The zero-order chi connectivity index (χ0) is 18.6. The SMILES string of the molecule is COc1ccccc1C(=O)CC1CCCC(C)N1C(=O)OC(C)(C)C. The first kappa shape index (κ1) is 19.3. The molecule has 5 heteroatoms. The number of methoxy groups -OCH3 is 1. The van der Waals surface area contributed by atoms with Crippen molar-refractivity contribution in [1.82, 2.24) is 4.90 Å². The first-order chi connectivity index (χ1) is 11.7. The minimum atomic E-state index is -0.550. The van der Waals surface area contributed by atoms with Crippen LogP contribution in [0.2, 0.25) is 0 Å². The number of hydrogen-bond acceptors (Lipinski definition) is 4. The van der Waals surface area contributed by atoms with E-state index < -0.39 is 5.60 Å². The quantitative estimate of drug-likeness (QED) is 0.755. The van der Waals surface area contributed by atoms with Gasteiger partial charge in [0.15, 0.2) is 5.78 Å². The second-order valence-corrected chi connectivity index (χ2v) is 7.65. The highest BCUT2D eigenvalue weighted by Crippen LogP contribution is 2.29. The smallest absolute Gasteiger partial charge is 0.410 e. The molecule has 0 spiro atoms. The van der Waals surface area contributed by atoms with Crippen molar-refractivity contribution < 1.29 is 19.1 Å². The molecule has 0 N–H and O–H groups in total. The molecule has 1 aromatic carbocycles. The molecule has 1 aromatic rings. The molecule has 0 radical (unpaired) electrons. The lowest BCUT2D eigenvalue weighted by Gasteiger charge is -2.41. The molecule has 0 bridgehead atoms. The van der Waals surface area contributed by atoms with Gasteiger partial charge < -0.3 is 14.4 Å². The summed E-state index contributed by atoms with van der Waals surface area (Å²) in [5, 5.41) is 0. The van der Waals surface area contributed by atoms with Gasteiger partial charge in [-0.25, -0.2) is 4.79 Å². The zero-order valence-electron chi connectivity index (χ0n) is 15.9. The molecule has 2 unspecified atom stereocenters. The Balaban J connectivity index is 2.17. The van der Waals surface area contributed by atoms with E-state index in [4.69, 9.17) is 9.47 Å². The van der Waals surface area contributed by atoms with E-state index in [1.165, 1.54) is 0 Å². The van der Waals surface area contributed by atoms with Crippen molar-refractivity contribution in [3.63, 3.8) is 0 Å². The van der Waals surface area contributed by atoms with E-state index in [0.29, 0.717) is 11.3 Å². The molecule has 0 aromatic heterocycles. The molecule has 1 amide bonds. The Morgan fingerprint density at radius 3 is 2.52 bits per heavy atom. The van der Waals surface area contributed by atoms with Gasteiger partial charge in [0.05, 0.1) is 12.7 Å². The fourth-order valence-electron chi connectivity index (χ4n) is 3.33. The van der Waals surface area contributed by atoms with Crippen LogP contribution in [0.4, 0.5) is 4.79 Å². The number of para-hydroxylation sites is 1. The Bertz CT molecular complexity index is 620. The van der Waals surface area contributed by atoms with Crippen LogP contribution in [0.25, 0.3) is 0 Å². The molecule has 138 valence electrons. The summed E-state index contributed by atoms with van der Waals surface area (Å²) in [5.74, 6) is 0.560. The van der Waals surface area contributed by atoms with E-state index >= 15 is 0 Å². The lowest BCUT2D eigenvalue weighted by molar-refractivity contribution is -0.00306. The number of Topliss-reactive ketones (excluding diaryl/α,β-unsaturated/α-hetero) is 1. The molecule has 1 heterocycles. The lowest BCUT2D eigenvalue weighted by atomic mass is 9.91. The second-order valence-electron chi connectivity index (χ2n) is 7.65. The van der Waals surface area contributed by atoms with E-state index in [-0.39, 0.29) is 30.4 Å². The molecular formula is C20H29NO4. The van der Waals surface area contributed by atoms with E-state index in [2.05, 4.69) is 0 Å². The molecule has 1 aliphatic rings. The summed E-state index contributed by atoms with van der Waals surface area (Å²) in [4.78, 5) is 27.2. The molecule has 0 saturated carbocycles. The van der Waals surface area contributed by atoms with Crippen LogP contribution >= 0.6 is 0 Å². The standard InChI is InChI=1S/C20H29NO4/c1-14-9-8-10-15(21(14)19(23)25-20(2,3)4)13-17(22)16-11-6-7-12-18(16)24-5/h6-7,11-12,14-15H,8-10,13H2,1-5H3. The Morgan fingerprint density at radius 1 is 1.20 bits per heavy atom. The summed E-state index contributed by atoms with van der Waals surface area (Å²) in [6, 6.07) is 7.14. The van der Waals surface area contributed by atoms with Crippen LogP contribution in [0.1, 0.15) is 63.7 Å². The van der Waals surface area contributed by atoms with Crippen LogP contribution in [0.3, 0.4) is 0 Å². The number of carbonyl (C=O) groups excluding carboxylic acids is 2. The number of benzene rings is 1. The maximum atomic E-state index is 12.8. The monoisotopic (exact) mass is 347 g/mol. The van der Waals surface area contributed by atoms with Gasteiger partial charge in [0.2, 0.25) is 0 Å². The molecule has 5 nitrogen and oxygen atoms in total. The number of ether oxygens (including phenoxy) is 2. The minimum absolute atomic E-state index is 0.00916. The van der Waals surface area contributed by atoms with Gasteiger partial charge in [-0.3, -0.25) is 4.79 Å². The van der Waals surface area contributed by atoms with Gasteiger partial charge in [-0.2, -0.15) is 0 Å². The van der Waals surface area contributed by atoms with Crippen LogP contribution in [-0.2, 0) is 4.74 Å². The average molecular weight is 347 g/mol. The van der Waals surface area contributed by atoms with Crippen molar-refractivity contribution in [1.29, 1.82) is 0 Å². The third-order valence-electron chi connectivity index (χ3n) is 4.46. The predicted molar refractivity (Wildman–Crippen MR) is 97.1 cm³/mol. The van der Waals surface area contributed by atoms with E-state index in [0.717, 1.165) is 19.3 Å². The number of piperidine rings is 1. The molecule has 1 saturated heterocycles. The number of hydrogen-bond donors (Lipinski definition) is 0. The van der Waals surface area contributed by atoms with Crippen LogP contribution in [-0.4, -0.2) is 41.6 Å². The first-order valence-corrected chi connectivity index (χ1v) is 8.90. The number of likely N-dealkylation sites (tertiary alicyclic amines) is 1. The predicted octanol–water partition coefficient (Wildman–Crippen LogP) is 4.45. The molecule has 1 fully saturated rings. The highest BCUT2D eigenvalue weighted by molar-refractivity contribution is 5.99. The van der Waals surface area contributed by atoms with Gasteiger partial charge in [0.1, 0.15) is 11.4 Å². The molecule has 2 atom stereocenters. The Labute approximate surface area is 150 Å². The summed E-state index contributed by atoms with van der Waals surface area (Å²) in [6.45, 7) is 7.58. The van der Waals surface area contributed by atoms with E-state index in [9.17, 15) is 9.59 Å². The van der Waals surface area contributed by atoms with Crippen LogP contribution in [0.5, 0.6) is 5.75 Å². The van der Waals surface area contributed by atoms with Crippen LogP contribution in [0.15, 0.2) is 24.3 Å². The number of nitrogens with zero attached hydrogens (tertiary/aromatic N) is 1. The fourth-order valence-corrected chi connectivity index (χ4v) is 3.33. The molecule has 25 heavy (non-hydrogen) atoms. The van der Waals surface area contributed by atoms with Gasteiger partial charge in [-0.1, -0.05) is 12.1 Å². The number of carbonyl (C=O) groups is 2. The van der Waals surface area contributed by atoms with Crippen molar-refractivity contribution in [2.45, 2.75) is 71.1 Å².